The minimum absolute atomic E-state index is 0.406. The van der Waals surface area contributed by atoms with Crippen molar-refractivity contribution in [2.75, 3.05) is 4.72 Å². The first-order chi connectivity index (χ1) is 8.66. The van der Waals surface area contributed by atoms with E-state index in [1.165, 1.54) is 0 Å². The summed E-state index contributed by atoms with van der Waals surface area (Å²) >= 11 is 0.939. The molecule has 18 heavy (non-hydrogen) atoms. The zero-order chi connectivity index (χ0) is 12.8. The monoisotopic (exact) mass is 283 g/mol. The van der Waals surface area contributed by atoms with Gasteiger partial charge < -0.3 is 4.72 Å². The summed E-state index contributed by atoms with van der Waals surface area (Å²) in [5.74, 6) is 0. The Morgan fingerprint density at radius 3 is 2.00 bits per heavy atom. The van der Waals surface area contributed by atoms with Crippen molar-refractivity contribution >= 4 is 29.4 Å². The molecule has 0 aliphatic carbocycles. The predicted octanol–water partition coefficient (Wildman–Crippen LogP) is 5.09. The second-order valence-electron chi connectivity index (χ2n) is 3.45. The second kappa shape index (κ2) is 6.11. The van der Waals surface area contributed by atoms with Crippen molar-refractivity contribution in [3.8, 4) is 0 Å². The Kier molecular flexibility index (Phi) is 4.49. The van der Waals surface area contributed by atoms with Crippen LogP contribution in [-0.2, 0) is 0 Å². The molecular weight excluding hydrogens is 272 g/mol. The molecule has 0 saturated carbocycles. The van der Waals surface area contributed by atoms with Crippen LogP contribution in [0.3, 0.4) is 0 Å². The number of alkyl halides is 2. The average Bonchev–Trinajstić information content (AvgIpc) is 2.38. The molecular formula is C13H11F2NS2. The van der Waals surface area contributed by atoms with E-state index in [1.807, 2.05) is 6.07 Å². The molecule has 0 atom stereocenters. The third kappa shape index (κ3) is 4.23. The summed E-state index contributed by atoms with van der Waals surface area (Å²) in [5, 5.41) is 0. The number of halogens is 2. The highest BCUT2D eigenvalue weighted by molar-refractivity contribution is 8.18. The number of benzene rings is 2. The van der Waals surface area contributed by atoms with Crippen LogP contribution in [-0.4, -0.2) is 4.59 Å². The largest absolute Gasteiger partial charge is 0.364 e. The number of anilines is 1. The normalized spacial score (nSPS) is 11.2. The topological polar surface area (TPSA) is 12.0 Å². The van der Waals surface area contributed by atoms with Crippen molar-refractivity contribution in [3.05, 3.63) is 60.7 Å². The van der Waals surface area contributed by atoms with Gasteiger partial charge in [0.15, 0.2) is 0 Å². The smallest absolute Gasteiger partial charge is 0.324 e. The molecule has 2 rings (SSSR count). The van der Waals surface area contributed by atoms with Crippen LogP contribution in [0, 0.1) is 0 Å². The van der Waals surface area contributed by atoms with Crippen LogP contribution in [0.4, 0.5) is 14.5 Å². The molecule has 0 bridgehead atoms. The summed E-state index contributed by atoms with van der Waals surface area (Å²) in [6, 6.07) is 17.6. The van der Waals surface area contributed by atoms with Crippen LogP contribution in [0.1, 0.15) is 0 Å². The molecule has 5 heteroatoms. The standard InChI is InChI=1S/C13H11F2NS2/c14-13(15,17-12-9-5-2-6-10-12)18-16-11-7-3-1-4-8-11/h1-10,16H. The highest BCUT2D eigenvalue weighted by atomic mass is 32.2. The van der Waals surface area contributed by atoms with E-state index < -0.39 is 4.59 Å². The van der Waals surface area contributed by atoms with Gasteiger partial charge in [-0.3, -0.25) is 0 Å². The quantitative estimate of drug-likeness (QED) is 0.466. The SMILES string of the molecule is FC(F)(SNc1ccccc1)Sc1ccccc1. The second-order valence-corrected chi connectivity index (χ2v) is 5.82. The summed E-state index contributed by atoms with van der Waals surface area (Å²) in [6.07, 6.45) is 0. The first-order valence-corrected chi connectivity index (χ1v) is 6.90. The Bertz CT molecular complexity index is 477. The molecule has 2 aromatic carbocycles. The molecule has 0 heterocycles. The summed E-state index contributed by atoms with van der Waals surface area (Å²) < 4.78 is 27.0. The number of hydrogen-bond acceptors (Lipinski definition) is 3. The van der Waals surface area contributed by atoms with E-state index >= 15 is 0 Å². The Morgan fingerprint density at radius 1 is 0.833 bits per heavy atom. The maximum atomic E-state index is 13.7. The van der Waals surface area contributed by atoms with Crippen LogP contribution in [0.15, 0.2) is 65.6 Å². The summed E-state index contributed by atoms with van der Waals surface area (Å²) in [5.41, 5.74) is 0.663. The van der Waals surface area contributed by atoms with Crippen molar-refractivity contribution in [1.82, 2.24) is 0 Å². The molecule has 0 unspecified atom stereocenters. The number of nitrogens with one attached hydrogen (secondary N) is 1. The van der Waals surface area contributed by atoms with Gasteiger partial charge in [0.05, 0.1) is 0 Å². The fourth-order valence-corrected chi connectivity index (χ4v) is 2.79. The van der Waals surface area contributed by atoms with E-state index in [0.29, 0.717) is 34.3 Å². The maximum absolute atomic E-state index is 13.7. The fourth-order valence-electron chi connectivity index (χ4n) is 1.27. The van der Waals surface area contributed by atoms with Gasteiger partial charge in [-0.1, -0.05) is 36.4 Å². The Labute approximate surface area is 113 Å². The van der Waals surface area contributed by atoms with Crippen molar-refractivity contribution in [2.24, 2.45) is 0 Å². The zero-order valence-electron chi connectivity index (χ0n) is 9.35. The van der Waals surface area contributed by atoms with Crippen LogP contribution >= 0.6 is 23.7 Å². The van der Waals surface area contributed by atoms with E-state index in [4.69, 9.17) is 0 Å². The van der Waals surface area contributed by atoms with Crippen LogP contribution in [0.5, 0.6) is 0 Å². The van der Waals surface area contributed by atoms with Crippen molar-refractivity contribution in [2.45, 2.75) is 9.48 Å². The summed E-state index contributed by atoms with van der Waals surface area (Å²) in [6.45, 7) is 0. The van der Waals surface area contributed by atoms with Gasteiger partial charge in [-0.25, -0.2) is 0 Å². The lowest BCUT2D eigenvalue weighted by Crippen LogP contribution is -2.07. The molecule has 0 aliphatic rings. The van der Waals surface area contributed by atoms with Gasteiger partial charge in [-0.15, -0.1) is 0 Å². The number of hydrogen-bond donors (Lipinski definition) is 1. The van der Waals surface area contributed by atoms with Gasteiger partial charge in [0.1, 0.15) is 0 Å². The molecule has 94 valence electrons. The zero-order valence-corrected chi connectivity index (χ0v) is 11.0. The number of rotatable bonds is 5. The molecule has 0 aliphatic heterocycles. The first kappa shape index (κ1) is 13.2. The van der Waals surface area contributed by atoms with E-state index in [9.17, 15) is 8.78 Å². The number of para-hydroxylation sites is 1. The highest BCUT2D eigenvalue weighted by Gasteiger charge is 2.31. The number of thioether (sulfide) groups is 1. The molecule has 1 nitrogen and oxygen atoms in total. The maximum Gasteiger partial charge on any atom is 0.364 e. The molecule has 0 fully saturated rings. The van der Waals surface area contributed by atoms with Gasteiger partial charge >= 0.3 is 4.59 Å². The van der Waals surface area contributed by atoms with Gasteiger partial charge in [0, 0.05) is 22.5 Å². The van der Waals surface area contributed by atoms with E-state index in [0.717, 1.165) is 0 Å². The third-order valence-electron chi connectivity index (χ3n) is 2.04. The van der Waals surface area contributed by atoms with Gasteiger partial charge in [-0.2, -0.15) is 8.78 Å². The molecule has 0 amide bonds. The Balaban J connectivity index is 1.91. The summed E-state index contributed by atoms with van der Waals surface area (Å²) in [7, 11) is 0. The predicted molar refractivity (Wildman–Crippen MR) is 74.9 cm³/mol. The van der Waals surface area contributed by atoms with Gasteiger partial charge in [0.25, 0.3) is 0 Å². The Hall–Kier alpha value is -1.20. The Morgan fingerprint density at radius 2 is 1.39 bits per heavy atom. The lowest BCUT2D eigenvalue weighted by atomic mass is 10.3. The molecule has 0 saturated heterocycles. The van der Waals surface area contributed by atoms with Crippen molar-refractivity contribution in [3.63, 3.8) is 0 Å². The van der Waals surface area contributed by atoms with Gasteiger partial charge in [-0.05, 0) is 36.0 Å². The lowest BCUT2D eigenvalue weighted by molar-refractivity contribution is 0.212. The van der Waals surface area contributed by atoms with E-state index in [-0.39, 0.29) is 0 Å². The molecule has 0 radical (unpaired) electrons. The van der Waals surface area contributed by atoms with Crippen LogP contribution in [0.2, 0.25) is 0 Å². The van der Waals surface area contributed by atoms with E-state index in [1.54, 1.807) is 54.6 Å². The first-order valence-electron chi connectivity index (χ1n) is 5.27. The minimum atomic E-state index is -2.92. The van der Waals surface area contributed by atoms with Crippen LogP contribution < -0.4 is 4.72 Å². The highest BCUT2D eigenvalue weighted by Crippen LogP contribution is 2.44. The van der Waals surface area contributed by atoms with Crippen molar-refractivity contribution in [1.29, 1.82) is 0 Å². The van der Waals surface area contributed by atoms with E-state index in [2.05, 4.69) is 4.72 Å². The fraction of sp³-hybridized carbons (Fsp3) is 0.0769. The van der Waals surface area contributed by atoms with Gasteiger partial charge in [0.2, 0.25) is 0 Å². The lowest BCUT2D eigenvalue weighted by Gasteiger charge is -2.15. The molecule has 0 spiro atoms. The third-order valence-corrected chi connectivity index (χ3v) is 3.86. The minimum Gasteiger partial charge on any atom is -0.324 e. The van der Waals surface area contributed by atoms with Crippen molar-refractivity contribution < 1.29 is 8.78 Å². The average molecular weight is 283 g/mol. The molecule has 0 aromatic heterocycles. The summed E-state index contributed by atoms with van der Waals surface area (Å²) in [4.78, 5) is 0.546. The molecule has 1 N–H and O–H groups in total. The van der Waals surface area contributed by atoms with Crippen LogP contribution in [0.25, 0.3) is 0 Å². The molecule has 2 aromatic rings.